The molecule has 3 aromatic carbocycles. The fourth-order valence-electron chi connectivity index (χ4n) is 4.20. The topological polar surface area (TPSA) is 44.1 Å². The minimum atomic E-state index is 0.655. The molecule has 0 fully saturated rings. The number of allylic oxidation sites excluding steroid dienone is 1. The van der Waals surface area contributed by atoms with Crippen LogP contribution in [0.2, 0.25) is 0 Å². The summed E-state index contributed by atoms with van der Waals surface area (Å²) in [7, 11) is 0. The van der Waals surface area contributed by atoms with Crippen molar-refractivity contribution in [3.8, 4) is 0 Å². The van der Waals surface area contributed by atoms with Crippen LogP contribution in [0.25, 0.3) is 38.5 Å². The third-order valence-electron chi connectivity index (χ3n) is 6.11. The molecule has 0 aliphatic carbocycles. The summed E-state index contributed by atoms with van der Waals surface area (Å²) in [6.07, 6.45) is 4.06. The van der Waals surface area contributed by atoms with Crippen molar-refractivity contribution in [2.24, 2.45) is 0 Å². The van der Waals surface area contributed by atoms with Gasteiger partial charge in [0, 0.05) is 17.3 Å². The minimum absolute atomic E-state index is 0.655. The van der Waals surface area contributed by atoms with Gasteiger partial charge in [-0.05, 0) is 61.4 Å². The fourth-order valence-corrected chi connectivity index (χ4v) is 4.20. The lowest BCUT2D eigenvalue weighted by Crippen LogP contribution is -1.95. The van der Waals surface area contributed by atoms with E-state index < -0.39 is 0 Å². The van der Waals surface area contributed by atoms with Gasteiger partial charge in [0.2, 0.25) is 0 Å². The van der Waals surface area contributed by atoms with Crippen LogP contribution in [0.3, 0.4) is 0 Å². The maximum atomic E-state index is 6.22. The van der Waals surface area contributed by atoms with Crippen molar-refractivity contribution in [3.63, 3.8) is 0 Å². The van der Waals surface area contributed by atoms with Gasteiger partial charge in [0.1, 0.15) is 22.7 Å². The zero-order chi connectivity index (χ0) is 21.7. The number of furan rings is 2. The first-order valence-corrected chi connectivity index (χ1v) is 10.8. The maximum Gasteiger partial charge on any atom is 0.138 e. The molecule has 0 unspecified atom stereocenters. The maximum absolute atomic E-state index is 6.22. The van der Waals surface area contributed by atoms with E-state index in [1.54, 1.807) is 0 Å². The molecule has 4 heteroatoms. The SMILES string of the molecule is Cc1cc2ncn(CC=C(c3cc4ccccc4o3)c3cc4ccccc4o3)c2cc1C. The molecule has 156 valence electrons. The Bertz CT molecular complexity index is 1490. The van der Waals surface area contributed by atoms with Gasteiger partial charge < -0.3 is 13.4 Å². The molecule has 0 radical (unpaired) electrons. The summed E-state index contributed by atoms with van der Waals surface area (Å²) in [5.74, 6) is 1.59. The van der Waals surface area contributed by atoms with Crippen molar-refractivity contribution >= 4 is 38.5 Å². The number of hydrogen-bond acceptors (Lipinski definition) is 3. The van der Waals surface area contributed by atoms with E-state index in [0.717, 1.165) is 50.1 Å². The average molecular weight is 418 g/mol. The molecule has 3 heterocycles. The standard InChI is InChI=1S/C28H22N2O2/c1-18-13-23-24(14-19(18)2)30(17-29-23)12-11-22(27-15-20-7-3-5-9-25(20)31-27)28-16-21-8-4-6-10-26(21)32-28/h3-11,13-17H,12H2,1-2H3. The minimum Gasteiger partial charge on any atom is -0.456 e. The Hall–Kier alpha value is -4.05. The highest BCUT2D eigenvalue weighted by atomic mass is 16.4. The van der Waals surface area contributed by atoms with Crippen LogP contribution in [0.15, 0.2) is 94.0 Å². The first-order chi connectivity index (χ1) is 15.7. The van der Waals surface area contributed by atoms with Gasteiger partial charge in [0.15, 0.2) is 0 Å². The molecule has 0 atom stereocenters. The van der Waals surface area contributed by atoms with Crippen molar-refractivity contribution in [3.05, 3.63) is 108 Å². The molecule has 0 N–H and O–H groups in total. The van der Waals surface area contributed by atoms with E-state index >= 15 is 0 Å². The summed E-state index contributed by atoms with van der Waals surface area (Å²) in [5.41, 5.74) is 7.31. The molecule has 0 aliphatic rings. The average Bonchev–Trinajstić information content (AvgIpc) is 3.51. The second-order valence-corrected chi connectivity index (χ2v) is 8.24. The quantitative estimate of drug-likeness (QED) is 0.302. The number of benzene rings is 3. The number of aromatic nitrogens is 2. The first kappa shape index (κ1) is 18.7. The third-order valence-corrected chi connectivity index (χ3v) is 6.11. The molecule has 0 saturated carbocycles. The highest BCUT2D eigenvalue weighted by Gasteiger charge is 2.16. The van der Waals surface area contributed by atoms with E-state index in [9.17, 15) is 0 Å². The molecule has 6 aromatic rings. The fraction of sp³-hybridized carbons (Fsp3) is 0.107. The van der Waals surface area contributed by atoms with Crippen molar-refractivity contribution in [2.45, 2.75) is 20.4 Å². The van der Waals surface area contributed by atoms with Gasteiger partial charge >= 0.3 is 0 Å². The summed E-state index contributed by atoms with van der Waals surface area (Å²) < 4.78 is 14.6. The van der Waals surface area contributed by atoms with Crippen molar-refractivity contribution in [2.75, 3.05) is 0 Å². The van der Waals surface area contributed by atoms with E-state index in [1.165, 1.54) is 11.1 Å². The van der Waals surface area contributed by atoms with Gasteiger partial charge in [0.25, 0.3) is 0 Å². The lowest BCUT2D eigenvalue weighted by atomic mass is 10.1. The molecule has 0 spiro atoms. The van der Waals surface area contributed by atoms with Crippen LogP contribution in [0.1, 0.15) is 22.6 Å². The molecule has 0 amide bonds. The van der Waals surface area contributed by atoms with Gasteiger partial charge in [-0.2, -0.15) is 0 Å². The Morgan fingerprint density at radius 3 is 2.03 bits per heavy atom. The number of hydrogen-bond donors (Lipinski definition) is 0. The first-order valence-electron chi connectivity index (χ1n) is 10.8. The zero-order valence-corrected chi connectivity index (χ0v) is 18.0. The Morgan fingerprint density at radius 2 is 1.41 bits per heavy atom. The summed E-state index contributed by atoms with van der Waals surface area (Å²) in [6.45, 7) is 4.91. The number of nitrogens with zero attached hydrogens (tertiary/aromatic N) is 2. The summed E-state index contributed by atoms with van der Waals surface area (Å²) in [5, 5.41) is 2.15. The van der Waals surface area contributed by atoms with E-state index in [1.807, 2.05) is 42.7 Å². The Kier molecular flexibility index (Phi) is 4.25. The number of imidazole rings is 1. The molecule has 32 heavy (non-hydrogen) atoms. The monoisotopic (exact) mass is 418 g/mol. The van der Waals surface area contributed by atoms with Crippen molar-refractivity contribution < 1.29 is 8.83 Å². The van der Waals surface area contributed by atoms with Gasteiger partial charge in [-0.3, -0.25) is 0 Å². The predicted molar refractivity (Wildman–Crippen MR) is 129 cm³/mol. The summed E-state index contributed by atoms with van der Waals surface area (Å²) in [6, 6.07) is 24.6. The van der Waals surface area contributed by atoms with Crippen molar-refractivity contribution in [1.29, 1.82) is 0 Å². The highest BCUT2D eigenvalue weighted by Crippen LogP contribution is 2.33. The van der Waals surface area contributed by atoms with Crippen LogP contribution >= 0.6 is 0 Å². The molecular formula is C28H22N2O2. The molecule has 0 bridgehead atoms. The zero-order valence-electron chi connectivity index (χ0n) is 18.0. The van der Waals surface area contributed by atoms with Crippen LogP contribution in [0, 0.1) is 13.8 Å². The summed E-state index contributed by atoms with van der Waals surface area (Å²) in [4.78, 5) is 4.60. The Labute approximate surface area is 185 Å². The lowest BCUT2D eigenvalue weighted by molar-refractivity contribution is 0.573. The van der Waals surface area contributed by atoms with E-state index in [4.69, 9.17) is 8.83 Å². The van der Waals surface area contributed by atoms with E-state index in [-0.39, 0.29) is 0 Å². The number of para-hydroxylation sites is 2. The van der Waals surface area contributed by atoms with Crippen LogP contribution < -0.4 is 0 Å². The summed E-state index contributed by atoms with van der Waals surface area (Å²) >= 11 is 0. The molecule has 0 aliphatic heterocycles. The van der Waals surface area contributed by atoms with Crippen LogP contribution in [0.5, 0.6) is 0 Å². The molecule has 0 saturated heterocycles. The second kappa shape index (κ2) is 7.27. The predicted octanol–water partition coefficient (Wildman–Crippen LogP) is 7.28. The largest absolute Gasteiger partial charge is 0.456 e. The number of aryl methyl sites for hydroxylation is 2. The van der Waals surface area contributed by atoms with Crippen LogP contribution in [-0.2, 0) is 6.54 Å². The van der Waals surface area contributed by atoms with Crippen molar-refractivity contribution in [1.82, 2.24) is 9.55 Å². The Balaban J connectivity index is 1.49. The van der Waals surface area contributed by atoms with E-state index in [2.05, 4.69) is 65.9 Å². The molecule has 4 nitrogen and oxygen atoms in total. The van der Waals surface area contributed by atoms with Crippen LogP contribution in [0.4, 0.5) is 0 Å². The van der Waals surface area contributed by atoms with Crippen LogP contribution in [-0.4, -0.2) is 9.55 Å². The lowest BCUT2D eigenvalue weighted by Gasteiger charge is -2.05. The second-order valence-electron chi connectivity index (χ2n) is 8.24. The Morgan fingerprint density at radius 1 is 0.812 bits per heavy atom. The van der Waals surface area contributed by atoms with Gasteiger partial charge in [-0.15, -0.1) is 0 Å². The normalized spacial score (nSPS) is 11.6. The van der Waals surface area contributed by atoms with Gasteiger partial charge in [-0.1, -0.05) is 42.5 Å². The van der Waals surface area contributed by atoms with E-state index in [0.29, 0.717) is 6.54 Å². The molecule has 3 aromatic heterocycles. The highest BCUT2D eigenvalue weighted by molar-refractivity contribution is 5.89. The number of rotatable bonds is 4. The smallest absolute Gasteiger partial charge is 0.138 e. The third kappa shape index (κ3) is 3.12. The number of fused-ring (bicyclic) bond motifs is 3. The van der Waals surface area contributed by atoms with Gasteiger partial charge in [-0.25, -0.2) is 4.98 Å². The van der Waals surface area contributed by atoms with Gasteiger partial charge in [0.05, 0.1) is 22.9 Å². The molecule has 6 rings (SSSR count). The molecular weight excluding hydrogens is 396 g/mol.